The summed E-state index contributed by atoms with van der Waals surface area (Å²) < 4.78 is 5.29. The molecular weight excluding hydrogens is 224 g/mol. The minimum absolute atomic E-state index is 0.0841. The van der Waals surface area contributed by atoms with Gasteiger partial charge in [-0.25, -0.2) is 0 Å². The molecule has 0 saturated carbocycles. The molecular formula is C15H26N2O. The summed E-state index contributed by atoms with van der Waals surface area (Å²) >= 11 is 0. The highest BCUT2D eigenvalue weighted by Gasteiger charge is 2.22. The monoisotopic (exact) mass is 250 g/mol. The van der Waals surface area contributed by atoms with Crippen LogP contribution in [0.3, 0.4) is 0 Å². The van der Waals surface area contributed by atoms with E-state index in [2.05, 4.69) is 44.9 Å². The van der Waals surface area contributed by atoms with Crippen molar-refractivity contribution in [3.63, 3.8) is 0 Å². The fourth-order valence-electron chi connectivity index (χ4n) is 2.47. The van der Waals surface area contributed by atoms with Crippen LogP contribution in [-0.2, 0) is 0 Å². The summed E-state index contributed by atoms with van der Waals surface area (Å²) in [4.78, 5) is 2.32. The van der Waals surface area contributed by atoms with Crippen molar-refractivity contribution in [3.05, 3.63) is 29.8 Å². The van der Waals surface area contributed by atoms with Crippen LogP contribution in [0.4, 0.5) is 0 Å². The molecule has 0 aliphatic rings. The number of nitrogens with two attached hydrogens (primary N) is 1. The first kappa shape index (κ1) is 15.0. The number of nitrogens with zero attached hydrogens (tertiary/aromatic N) is 1. The van der Waals surface area contributed by atoms with E-state index in [1.807, 2.05) is 12.1 Å². The van der Waals surface area contributed by atoms with Crippen molar-refractivity contribution < 1.29 is 4.74 Å². The standard InChI is InChI=1S/C15H26N2O/c1-11(2)10-17(4)15(12(3)16)13-7-6-8-14(9-13)18-5/h6-9,11-12,15H,10,16H2,1-5H3. The van der Waals surface area contributed by atoms with Crippen LogP contribution in [0, 0.1) is 5.92 Å². The first-order valence-corrected chi connectivity index (χ1v) is 6.55. The lowest BCUT2D eigenvalue weighted by molar-refractivity contribution is 0.197. The molecule has 0 amide bonds. The van der Waals surface area contributed by atoms with E-state index in [0.29, 0.717) is 5.92 Å². The van der Waals surface area contributed by atoms with E-state index in [4.69, 9.17) is 10.5 Å². The maximum Gasteiger partial charge on any atom is 0.119 e. The largest absolute Gasteiger partial charge is 0.497 e. The van der Waals surface area contributed by atoms with Crippen LogP contribution in [0.5, 0.6) is 5.75 Å². The summed E-state index contributed by atoms with van der Waals surface area (Å²) in [7, 11) is 3.82. The summed E-state index contributed by atoms with van der Waals surface area (Å²) in [5, 5.41) is 0. The van der Waals surface area contributed by atoms with E-state index in [0.717, 1.165) is 12.3 Å². The molecule has 18 heavy (non-hydrogen) atoms. The molecule has 0 radical (unpaired) electrons. The number of hydrogen-bond donors (Lipinski definition) is 1. The van der Waals surface area contributed by atoms with Crippen molar-refractivity contribution in [2.45, 2.75) is 32.9 Å². The zero-order valence-electron chi connectivity index (χ0n) is 12.2. The van der Waals surface area contributed by atoms with Gasteiger partial charge in [-0.05, 0) is 37.6 Å². The molecule has 0 aromatic heterocycles. The Bertz CT molecular complexity index is 363. The quantitative estimate of drug-likeness (QED) is 0.843. The normalized spacial score (nSPS) is 14.9. The van der Waals surface area contributed by atoms with E-state index in [9.17, 15) is 0 Å². The van der Waals surface area contributed by atoms with Crippen molar-refractivity contribution in [2.75, 3.05) is 20.7 Å². The third kappa shape index (κ3) is 4.00. The van der Waals surface area contributed by atoms with Crippen molar-refractivity contribution in [1.29, 1.82) is 0 Å². The second kappa shape index (κ2) is 6.76. The highest BCUT2D eigenvalue weighted by Crippen LogP contribution is 2.26. The summed E-state index contributed by atoms with van der Waals surface area (Å²) in [6.45, 7) is 7.53. The second-order valence-electron chi connectivity index (χ2n) is 5.41. The van der Waals surface area contributed by atoms with E-state index < -0.39 is 0 Å². The van der Waals surface area contributed by atoms with Gasteiger partial charge in [0.1, 0.15) is 5.75 Å². The molecule has 0 bridgehead atoms. The Balaban J connectivity index is 2.96. The Labute approximate surface area is 111 Å². The fraction of sp³-hybridized carbons (Fsp3) is 0.600. The van der Waals surface area contributed by atoms with Crippen LogP contribution in [0.15, 0.2) is 24.3 Å². The fourth-order valence-corrected chi connectivity index (χ4v) is 2.47. The molecule has 2 unspecified atom stereocenters. The van der Waals surface area contributed by atoms with Crippen molar-refractivity contribution in [3.8, 4) is 5.75 Å². The topological polar surface area (TPSA) is 38.5 Å². The number of likely N-dealkylation sites (N-methyl/N-ethyl adjacent to an activating group) is 1. The minimum atomic E-state index is 0.0841. The predicted molar refractivity (Wildman–Crippen MR) is 76.9 cm³/mol. The average molecular weight is 250 g/mol. The van der Waals surface area contributed by atoms with Crippen molar-refractivity contribution in [2.24, 2.45) is 11.7 Å². The van der Waals surface area contributed by atoms with Gasteiger partial charge in [0.15, 0.2) is 0 Å². The molecule has 1 aromatic rings. The molecule has 2 N–H and O–H groups in total. The van der Waals surface area contributed by atoms with Crippen LogP contribution in [0.2, 0.25) is 0 Å². The zero-order chi connectivity index (χ0) is 13.7. The van der Waals surface area contributed by atoms with Crippen molar-refractivity contribution >= 4 is 0 Å². The summed E-state index contributed by atoms with van der Waals surface area (Å²) in [5.74, 6) is 1.51. The Hall–Kier alpha value is -1.06. The molecule has 0 aliphatic heterocycles. The molecule has 102 valence electrons. The summed E-state index contributed by atoms with van der Waals surface area (Å²) in [6.07, 6.45) is 0. The number of benzene rings is 1. The zero-order valence-corrected chi connectivity index (χ0v) is 12.2. The van der Waals surface area contributed by atoms with Crippen LogP contribution in [-0.4, -0.2) is 31.6 Å². The van der Waals surface area contributed by atoms with Crippen LogP contribution < -0.4 is 10.5 Å². The smallest absolute Gasteiger partial charge is 0.119 e. The summed E-state index contributed by atoms with van der Waals surface area (Å²) in [5.41, 5.74) is 7.37. The first-order valence-electron chi connectivity index (χ1n) is 6.55. The van der Waals surface area contributed by atoms with Gasteiger partial charge in [-0.15, -0.1) is 0 Å². The van der Waals surface area contributed by atoms with Gasteiger partial charge >= 0.3 is 0 Å². The lowest BCUT2D eigenvalue weighted by Gasteiger charge is -2.32. The van der Waals surface area contributed by atoms with Crippen LogP contribution in [0.25, 0.3) is 0 Å². The Morgan fingerprint density at radius 3 is 2.44 bits per heavy atom. The van der Waals surface area contributed by atoms with Crippen LogP contribution >= 0.6 is 0 Å². The van der Waals surface area contributed by atoms with Gasteiger partial charge in [0.25, 0.3) is 0 Å². The Kier molecular flexibility index (Phi) is 5.63. The maximum absolute atomic E-state index is 6.15. The van der Waals surface area contributed by atoms with E-state index in [-0.39, 0.29) is 12.1 Å². The van der Waals surface area contributed by atoms with Crippen LogP contribution in [0.1, 0.15) is 32.4 Å². The molecule has 3 heteroatoms. The van der Waals surface area contributed by atoms with Gasteiger partial charge in [-0.1, -0.05) is 26.0 Å². The average Bonchev–Trinajstić information content (AvgIpc) is 2.28. The third-order valence-electron chi connectivity index (χ3n) is 3.06. The Morgan fingerprint density at radius 2 is 1.94 bits per heavy atom. The molecule has 0 spiro atoms. The van der Waals surface area contributed by atoms with Gasteiger partial charge in [0, 0.05) is 18.6 Å². The number of rotatable bonds is 6. The van der Waals surface area contributed by atoms with Gasteiger partial charge in [-0.3, -0.25) is 4.90 Å². The minimum Gasteiger partial charge on any atom is -0.497 e. The first-order chi connectivity index (χ1) is 8.45. The number of ether oxygens (including phenoxy) is 1. The lowest BCUT2D eigenvalue weighted by atomic mass is 9.98. The number of methoxy groups -OCH3 is 1. The summed E-state index contributed by atoms with van der Waals surface area (Å²) in [6, 6.07) is 8.48. The molecule has 0 saturated heterocycles. The van der Waals surface area contributed by atoms with Gasteiger partial charge < -0.3 is 10.5 Å². The third-order valence-corrected chi connectivity index (χ3v) is 3.06. The van der Waals surface area contributed by atoms with E-state index in [1.165, 1.54) is 5.56 Å². The molecule has 1 aromatic carbocycles. The SMILES string of the molecule is COc1cccc(C(C(C)N)N(C)CC(C)C)c1. The highest BCUT2D eigenvalue weighted by atomic mass is 16.5. The second-order valence-corrected chi connectivity index (χ2v) is 5.41. The van der Waals surface area contributed by atoms with Gasteiger partial charge in [0.05, 0.1) is 7.11 Å². The Morgan fingerprint density at radius 1 is 1.28 bits per heavy atom. The van der Waals surface area contributed by atoms with E-state index >= 15 is 0 Å². The number of hydrogen-bond acceptors (Lipinski definition) is 3. The van der Waals surface area contributed by atoms with Gasteiger partial charge in [-0.2, -0.15) is 0 Å². The molecule has 0 fully saturated rings. The van der Waals surface area contributed by atoms with E-state index in [1.54, 1.807) is 7.11 Å². The molecule has 3 nitrogen and oxygen atoms in total. The molecule has 2 atom stereocenters. The highest BCUT2D eigenvalue weighted by molar-refractivity contribution is 5.31. The molecule has 0 aliphatic carbocycles. The molecule has 1 rings (SSSR count). The van der Waals surface area contributed by atoms with Crippen molar-refractivity contribution in [1.82, 2.24) is 4.90 Å². The predicted octanol–water partition coefficient (Wildman–Crippen LogP) is 2.67. The lowest BCUT2D eigenvalue weighted by Crippen LogP contribution is -2.38. The van der Waals surface area contributed by atoms with Gasteiger partial charge in [0.2, 0.25) is 0 Å². The maximum atomic E-state index is 6.15. The molecule has 0 heterocycles.